The van der Waals surface area contributed by atoms with E-state index in [9.17, 15) is 4.79 Å². The molecule has 0 aromatic rings. The normalized spacial score (nSPS) is 11.5. The summed E-state index contributed by atoms with van der Waals surface area (Å²) in [6.45, 7) is 8.85. The first-order valence-corrected chi connectivity index (χ1v) is 4.84. The Morgan fingerprint density at radius 3 is 2.64 bits per heavy atom. The molecule has 80 valence electrons. The average molecular weight is 198 g/mol. The average Bonchev–Trinajstić information content (AvgIpc) is 2.18. The van der Waals surface area contributed by atoms with E-state index in [4.69, 9.17) is 9.47 Å². The van der Waals surface area contributed by atoms with Crippen molar-refractivity contribution in [2.75, 3.05) is 0 Å². The minimum Gasteiger partial charge on any atom is -0.463 e. The summed E-state index contributed by atoms with van der Waals surface area (Å²) in [4.78, 5) is 10.9. The zero-order valence-corrected chi connectivity index (χ0v) is 8.70. The molecule has 0 aliphatic heterocycles. The molecule has 1 unspecified atom stereocenters. The lowest BCUT2D eigenvalue weighted by Crippen LogP contribution is -2.18. The summed E-state index contributed by atoms with van der Waals surface area (Å²) < 4.78 is 9.97. The molecule has 0 saturated heterocycles. The maximum atomic E-state index is 10.9. The van der Waals surface area contributed by atoms with Gasteiger partial charge in [-0.1, -0.05) is 32.9 Å². The highest BCUT2D eigenvalue weighted by Crippen LogP contribution is 2.08. The second-order valence-electron chi connectivity index (χ2n) is 2.87. The monoisotopic (exact) mass is 198 g/mol. The van der Waals surface area contributed by atoms with E-state index in [2.05, 4.69) is 20.1 Å². The predicted octanol–water partition coefficient (Wildman–Crippen LogP) is 2.78. The highest BCUT2D eigenvalue weighted by atomic mass is 16.7. The lowest BCUT2D eigenvalue weighted by molar-refractivity contribution is -0.164. The van der Waals surface area contributed by atoms with Crippen LogP contribution in [-0.2, 0) is 14.3 Å². The van der Waals surface area contributed by atoms with Gasteiger partial charge < -0.3 is 9.47 Å². The number of esters is 1. The second kappa shape index (κ2) is 8.35. The minimum atomic E-state index is -0.524. The fourth-order valence-electron chi connectivity index (χ4n) is 1.00. The van der Waals surface area contributed by atoms with Crippen LogP contribution in [0.3, 0.4) is 0 Å². The van der Waals surface area contributed by atoms with Gasteiger partial charge in [-0.2, -0.15) is 0 Å². The molecule has 0 saturated carbocycles. The first-order valence-electron chi connectivity index (χ1n) is 4.84. The van der Waals surface area contributed by atoms with Gasteiger partial charge in [0.15, 0.2) is 0 Å². The van der Waals surface area contributed by atoms with Crippen molar-refractivity contribution in [2.45, 2.75) is 38.9 Å². The van der Waals surface area contributed by atoms with Gasteiger partial charge in [0.1, 0.15) is 0 Å². The van der Waals surface area contributed by atoms with Gasteiger partial charge in [0.2, 0.25) is 6.29 Å². The molecule has 0 heterocycles. The van der Waals surface area contributed by atoms with Crippen molar-refractivity contribution in [1.82, 2.24) is 0 Å². The van der Waals surface area contributed by atoms with Gasteiger partial charge in [0, 0.05) is 12.5 Å². The minimum absolute atomic E-state index is 0.464. The van der Waals surface area contributed by atoms with Gasteiger partial charge in [-0.15, -0.1) is 0 Å². The molecular formula is C11H18O3. The van der Waals surface area contributed by atoms with Crippen LogP contribution in [0, 0.1) is 0 Å². The van der Waals surface area contributed by atoms with E-state index < -0.39 is 12.3 Å². The van der Waals surface area contributed by atoms with Crippen LogP contribution in [0.15, 0.2) is 25.5 Å². The standard InChI is InChI=1S/C11H18O3/c1-4-7-8-9-11(13-6-3)14-10(12)5-2/h5-6,11H,2-4,7-9H2,1H3. The van der Waals surface area contributed by atoms with Crippen molar-refractivity contribution in [2.24, 2.45) is 0 Å². The molecule has 0 fully saturated rings. The van der Waals surface area contributed by atoms with Crippen molar-refractivity contribution in [3.05, 3.63) is 25.5 Å². The Kier molecular flexibility index (Phi) is 7.61. The van der Waals surface area contributed by atoms with Crippen molar-refractivity contribution < 1.29 is 14.3 Å². The van der Waals surface area contributed by atoms with E-state index in [1.54, 1.807) is 0 Å². The molecule has 0 aromatic carbocycles. The molecule has 0 aliphatic carbocycles. The summed E-state index contributed by atoms with van der Waals surface area (Å²) in [5.41, 5.74) is 0. The maximum absolute atomic E-state index is 10.9. The number of ether oxygens (including phenoxy) is 2. The number of rotatable bonds is 8. The van der Waals surface area contributed by atoms with Crippen molar-refractivity contribution >= 4 is 5.97 Å². The Balaban J connectivity index is 3.81. The van der Waals surface area contributed by atoms with Crippen LogP contribution in [0.1, 0.15) is 32.6 Å². The summed E-state index contributed by atoms with van der Waals surface area (Å²) >= 11 is 0. The molecule has 0 bridgehead atoms. The van der Waals surface area contributed by atoms with E-state index in [0.717, 1.165) is 25.3 Å². The molecule has 0 aliphatic rings. The van der Waals surface area contributed by atoms with Crippen LogP contribution in [0.5, 0.6) is 0 Å². The fourth-order valence-corrected chi connectivity index (χ4v) is 1.00. The Morgan fingerprint density at radius 1 is 1.43 bits per heavy atom. The third kappa shape index (κ3) is 6.29. The van der Waals surface area contributed by atoms with E-state index >= 15 is 0 Å². The van der Waals surface area contributed by atoms with E-state index in [0.29, 0.717) is 6.42 Å². The van der Waals surface area contributed by atoms with E-state index in [-0.39, 0.29) is 0 Å². The van der Waals surface area contributed by atoms with Crippen LogP contribution in [0.25, 0.3) is 0 Å². The molecule has 0 aromatic heterocycles. The molecule has 3 heteroatoms. The first kappa shape index (κ1) is 12.8. The fraction of sp³-hybridized carbons (Fsp3) is 0.545. The zero-order valence-electron chi connectivity index (χ0n) is 8.70. The molecule has 1 atom stereocenters. The van der Waals surface area contributed by atoms with Crippen LogP contribution in [0.2, 0.25) is 0 Å². The highest BCUT2D eigenvalue weighted by molar-refractivity contribution is 5.81. The van der Waals surface area contributed by atoms with Crippen molar-refractivity contribution in [3.8, 4) is 0 Å². The summed E-state index contributed by atoms with van der Waals surface area (Å²) in [7, 11) is 0. The van der Waals surface area contributed by atoms with Gasteiger partial charge in [0.05, 0.1) is 6.26 Å². The van der Waals surface area contributed by atoms with Crippen LogP contribution in [0.4, 0.5) is 0 Å². The topological polar surface area (TPSA) is 35.5 Å². The number of unbranched alkanes of at least 4 members (excludes halogenated alkanes) is 2. The molecule has 14 heavy (non-hydrogen) atoms. The lowest BCUT2D eigenvalue weighted by atomic mass is 10.2. The quantitative estimate of drug-likeness (QED) is 0.198. The lowest BCUT2D eigenvalue weighted by Gasteiger charge is -2.15. The molecule has 0 rings (SSSR count). The third-order valence-corrected chi connectivity index (χ3v) is 1.71. The zero-order chi connectivity index (χ0) is 10.8. The summed E-state index contributed by atoms with van der Waals surface area (Å²) in [5, 5.41) is 0. The SMILES string of the molecule is C=COC(CCCCC)OC(=O)C=C. The van der Waals surface area contributed by atoms with Gasteiger partial charge in [-0.05, 0) is 6.42 Å². The van der Waals surface area contributed by atoms with Crippen LogP contribution < -0.4 is 0 Å². The van der Waals surface area contributed by atoms with Gasteiger partial charge in [-0.3, -0.25) is 0 Å². The maximum Gasteiger partial charge on any atom is 0.333 e. The van der Waals surface area contributed by atoms with E-state index in [1.165, 1.54) is 6.26 Å². The summed E-state index contributed by atoms with van der Waals surface area (Å²) in [5.74, 6) is -0.464. The predicted molar refractivity (Wildman–Crippen MR) is 55.5 cm³/mol. The summed E-state index contributed by atoms with van der Waals surface area (Å²) in [6, 6.07) is 0. The molecular weight excluding hydrogens is 180 g/mol. The smallest absolute Gasteiger partial charge is 0.333 e. The Hall–Kier alpha value is -1.25. The van der Waals surface area contributed by atoms with Crippen molar-refractivity contribution in [3.63, 3.8) is 0 Å². The number of carbonyl (C=O) groups is 1. The van der Waals surface area contributed by atoms with E-state index in [1.807, 2.05) is 0 Å². The molecule has 0 spiro atoms. The highest BCUT2D eigenvalue weighted by Gasteiger charge is 2.11. The molecule has 3 nitrogen and oxygen atoms in total. The third-order valence-electron chi connectivity index (χ3n) is 1.71. The first-order chi connectivity index (χ1) is 6.74. The van der Waals surface area contributed by atoms with Gasteiger partial charge >= 0.3 is 5.97 Å². The van der Waals surface area contributed by atoms with Gasteiger partial charge in [0.25, 0.3) is 0 Å². The Morgan fingerprint density at radius 2 is 2.14 bits per heavy atom. The number of hydrogen-bond donors (Lipinski definition) is 0. The van der Waals surface area contributed by atoms with Gasteiger partial charge in [-0.25, -0.2) is 4.79 Å². The molecule has 0 amide bonds. The second-order valence-corrected chi connectivity index (χ2v) is 2.87. The number of carbonyl (C=O) groups excluding carboxylic acids is 1. The molecule has 0 N–H and O–H groups in total. The largest absolute Gasteiger partial charge is 0.463 e. The van der Waals surface area contributed by atoms with Crippen LogP contribution in [-0.4, -0.2) is 12.3 Å². The number of hydrogen-bond acceptors (Lipinski definition) is 3. The Labute approximate surface area is 85.4 Å². The molecule has 0 radical (unpaired) electrons. The van der Waals surface area contributed by atoms with Crippen molar-refractivity contribution in [1.29, 1.82) is 0 Å². The van der Waals surface area contributed by atoms with Crippen LogP contribution >= 0.6 is 0 Å². The Bertz CT molecular complexity index is 187. The summed E-state index contributed by atoms with van der Waals surface area (Å²) in [6.07, 6.45) is 5.77.